The number of carbonyl (C=O) groups is 2. The van der Waals surface area contributed by atoms with Gasteiger partial charge in [-0.3, -0.25) is 9.59 Å². The van der Waals surface area contributed by atoms with Gasteiger partial charge >= 0.3 is 5.97 Å². The zero-order chi connectivity index (χ0) is 20.7. The molecule has 0 saturated carbocycles. The van der Waals surface area contributed by atoms with E-state index in [0.717, 1.165) is 0 Å². The Balaban J connectivity index is 1.48. The van der Waals surface area contributed by atoms with E-state index in [-0.39, 0.29) is 30.4 Å². The van der Waals surface area contributed by atoms with E-state index in [1.54, 1.807) is 29.6 Å². The Kier molecular flexibility index (Phi) is 7.37. The third-order valence-corrected chi connectivity index (χ3v) is 7.03. The number of hydrogen-bond acceptors (Lipinski definition) is 7. The predicted octanol–water partition coefficient (Wildman–Crippen LogP) is 1.63. The third-order valence-electron chi connectivity index (χ3n) is 4.27. The molecule has 1 N–H and O–H groups in total. The normalized spacial score (nSPS) is 15.0. The maximum atomic E-state index is 12.7. The summed E-state index contributed by atoms with van der Waals surface area (Å²) in [6, 6.07) is 9.84. The molecule has 0 aliphatic carbocycles. The summed E-state index contributed by atoms with van der Waals surface area (Å²) in [4.78, 5) is 24.5. The smallest absolute Gasteiger partial charge is 0.307 e. The van der Waals surface area contributed by atoms with Crippen LogP contribution in [0.1, 0.15) is 21.7 Å². The molecule has 29 heavy (non-hydrogen) atoms. The third kappa shape index (κ3) is 5.86. The molecule has 8 nitrogen and oxygen atoms in total. The molecular formula is C19H22N2O6S2. The van der Waals surface area contributed by atoms with Crippen molar-refractivity contribution in [2.75, 3.05) is 32.8 Å². The topological polar surface area (TPSA) is 102 Å². The summed E-state index contributed by atoms with van der Waals surface area (Å²) < 4.78 is 37.2. The minimum absolute atomic E-state index is 0.0306. The number of hydrogen-bond donors (Lipinski definition) is 1. The summed E-state index contributed by atoms with van der Waals surface area (Å²) in [5.74, 6) is -0.702. The Morgan fingerprint density at radius 2 is 1.97 bits per heavy atom. The number of amides is 1. The number of rotatable bonds is 8. The van der Waals surface area contributed by atoms with Gasteiger partial charge in [0.2, 0.25) is 10.0 Å². The Bertz CT molecular complexity index is 937. The molecule has 0 radical (unpaired) electrons. The van der Waals surface area contributed by atoms with Gasteiger partial charge in [-0.15, -0.1) is 11.3 Å². The molecule has 1 aliphatic heterocycles. The van der Waals surface area contributed by atoms with Gasteiger partial charge in [0.1, 0.15) is 6.61 Å². The molecule has 1 aromatic heterocycles. The summed E-state index contributed by atoms with van der Waals surface area (Å²) >= 11 is 1.32. The van der Waals surface area contributed by atoms with Gasteiger partial charge in [-0.25, -0.2) is 8.42 Å². The standard InChI is InChI=1S/C19H22N2O6S2/c22-18(6-7-20-19(23)17-5-2-12-28-17)27-14-15-3-1-4-16(13-15)29(24,25)21-8-10-26-11-9-21/h1-5,12-13H,6-11,14H2,(H,20,23). The van der Waals surface area contributed by atoms with Crippen molar-refractivity contribution in [3.8, 4) is 0 Å². The molecule has 1 amide bonds. The molecule has 1 aromatic carbocycles. The predicted molar refractivity (Wildman–Crippen MR) is 107 cm³/mol. The van der Waals surface area contributed by atoms with Gasteiger partial charge in [0, 0.05) is 19.6 Å². The van der Waals surface area contributed by atoms with Crippen LogP contribution in [-0.4, -0.2) is 57.4 Å². The lowest BCUT2D eigenvalue weighted by atomic mass is 10.2. The number of esters is 1. The molecule has 3 rings (SSSR count). The van der Waals surface area contributed by atoms with Crippen LogP contribution >= 0.6 is 11.3 Å². The van der Waals surface area contributed by atoms with Crippen molar-refractivity contribution in [1.29, 1.82) is 0 Å². The Morgan fingerprint density at radius 1 is 1.17 bits per heavy atom. The quantitative estimate of drug-likeness (QED) is 0.629. The van der Waals surface area contributed by atoms with Gasteiger partial charge in [-0.1, -0.05) is 18.2 Å². The number of sulfonamides is 1. The highest BCUT2D eigenvalue weighted by atomic mass is 32.2. The number of nitrogens with one attached hydrogen (secondary N) is 1. The van der Waals surface area contributed by atoms with Crippen molar-refractivity contribution in [3.63, 3.8) is 0 Å². The van der Waals surface area contributed by atoms with Crippen LogP contribution in [0.25, 0.3) is 0 Å². The molecule has 10 heteroatoms. The fourth-order valence-corrected chi connectivity index (χ4v) is 4.86. The fourth-order valence-electron chi connectivity index (χ4n) is 2.74. The second-order valence-electron chi connectivity index (χ2n) is 6.31. The maximum absolute atomic E-state index is 12.7. The van der Waals surface area contributed by atoms with E-state index >= 15 is 0 Å². The number of nitrogens with zero attached hydrogens (tertiary/aromatic N) is 1. The van der Waals surface area contributed by atoms with Crippen LogP contribution in [0.2, 0.25) is 0 Å². The van der Waals surface area contributed by atoms with Gasteiger partial charge in [0.05, 0.1) is 29.4 Å². The van der Waals surface area contributed by atoms with Crippen molar-refractivity contribution < 1.29 is 27.5 Å². The van der Waals surface area contributed by atoms with Crippen molar-refractivity contribution in [1.82, 2.24) is 9.62 Å². The zero-order valence-corrected chi connectivity index (χ0v) is 17.3. The Labute approximate surface area is 173 Å². The lowest BCUT2D eigenvalue weighted by molar-refractivity contribution is -0.144. The molecule has 0 atom stereocenters. The largest absolute Gasteiger partial charge is 0.461 e. The van der Waals surface area contributed by atoms with Crippen molar-refractivity contribution in [2.24, 2.45) is 0 Å². The van der Waals surface area contributed by atoms with E-state index < -0.39 is 16.0 Å². The van der Waals surface area contributed by atoms with E-state index in [4.69, 9.17) is 9.47 Å². The second-order valence-corrected chi connectivity index (χ2v) is 9.19. The number of carbonyl (C=O) groups excluding carboxylic acids is 2. The summed E-state index contributed by atoms with van der Waals surface area (Å²) in [6.45, 7) is 1.52. The van der Waals surface area contributed by atoms with Gasteiger partial charge in [0.25, 0.3) is 5.91 Å². The zero-order valence-electron chi connectivity index (χ0n) is 15.7. The SMILES string of the molecule is O=C(CCNC(=O)c1cccs1)OCc1cccc(S(=O)(=O)N2CCOCC2)c1. The molecule has 1 aliphatic rings. The van der Waals surface area contributed by atoms with Gasteiger partial charge < -0.3 is 14.8 Å². The van der Waals surface area contributed by atoms with Crippen molar-refractivity contribution in [3.05, 3.63) is 52.2 Å². The number of benzene rings is 1. The van der Waals surface area contributed by atoms with Crippen LogP contribution in [0.15, 0.2) is 46.7 Å². The average molecular weight is 439 g/mol. The van der Waals surface area contributed by atoms with E-state index in [9.17, 15) is 18.0 Å². The molecule has 2 aromatic rings. The molecule has 0 bridgehead atoms. The first-order valence-electron chi connectivity index (χ1n) is 9.11. The highest BCUT2D eigenvalue weighted by molar-refractivity contribution is 7.89. The van der Waals surface area contributed by atoms with E-state index in [1.807, 2.05) is 0 Å². The molecule has 1 fully saturated rings. The van der Waals surface area contributed by atoms with Crippen LogP contribution in [0.3, 0.4) is 0 Å². The summed E-state index contributed by atoms with van der Waals surface area (Å²) in [5.41, 5.74) is 0.579. The van der Waals surface area contributed by atoms with Crippen LogP contribution in [-0.2, 0) is 30.9 Å². The number of ether oxygens (including phenoxy) is 2. The molecule has 0 unspecified atom stereocenters. The van der Waals surface area contributed by atoms with Crippen LogP contribution in [0, 0.1) is 0 Å². The Morgan fingerprint density at radius 3 is 2.69 bits per heavy atom. The van der Waals surface area contributed by atoms with Gasteiger partial charge in [0.15, 0.2) is 0 Å². The number of thiophene rings is 1. The number of morpholine rings is 1. The van der Waals surface area contributed by atoms with E-state index in [1.165, 1.54) is 27.8 Å². The van der Waals surface area contributed by atoms with Crippen molar-refractivity contribution in [2.45, 2.75) is 17.9 Å². The monoisotopic (exact) mass is 438 g/mol. The minimum Gasteiger partial charge on any atom is -0.461 e. The molecular weight excluding hydrogens is 416 g/mol. The Hall–Kier alpha value is -2.27. The van der Waals surface area contributed by atoms with Crippen molar-refractivity contribution >= 4 is 33.2 Å². The minimum atomic E-state index is -3.60. The highest BCUT2D eigenvalue weighted by Gasteiger charge is 2.26. The lowest BCUT2D eigenvalue weighted by Gasteiger charge is -2.26. The maximum Gasteiger partial charge on any atom is 0.307 e. The first-order valence-corrected chi connectivity index (χ1v) is 11.4. The molecule has 156 valence electrons. The molecule has 1 saturated heterocycles. The first-order chi connectivity index (χ1) is 14.0. The second kappa shape index (κ2) is 9.97. The van der Waals surface area contributed by atoms with Crippen LogP contribution in [0.5, 0.6) is 0 Å². The van der Waals surface area contributed by atoms with E-state index in [2.05, 4.69) is 5.32 Å². The van der Waals surface area contributed by atoms with Gasteiger partial charge in [-0.05, 0) is 29.1 Å². The highest BCUT2D eigenvalue weighted by Crippen LogP contribution is 2.19. The summed E-state index contributed by atoms with van der Waals surface area (Å²) in [5, 5.41) is 4.46. The first kappa shape index (κ1) is 21.4. The molecule has 2 heterocycles. The lowest BCUT2D eigenvalue weighted by Crippen LogP contribution is -2.40. The van der Waals surface area contributed by atoms with E-state index in [0.29, 0.717) is 36.7 Å². The molecule has 0 spiro atoms. The van der Waals surface area contributed by atoms with Crippen LogP contribution < -0.4 is 5.32 Å². The summed E-state index contributed by atoms with van der Waals surface area (Å²) in [6.07, 6.45) is 0.0306. The van der Waals surface area contributed by atoms with Gasteiger partial charge in [-0.2, -0.15) is 4.31 Å². The van der Waals surface area contributed by atoms with Crippen LogP contribution in [0.4, 0.5) is 0 Å². The fraction of sp³-hybridized carbons (Fsp3) is 0.368. The average Bonchev–Trinajstić information content (AvgIpc) is 3.28. The summed E-state index contributed by atoms with van der Waals surface area (Å²) in [7, 11) is -3.60.